The highest BCUT2D eigenvalue weighted by Gasteiger charge is 2.18. The Morgan fingerprint density at radius 3 is 1.40 bits per heavy atom. The van der Waals surface area contributed by atoms with Crippen LogP contribution < -0.4 is 0 Å². The average molecular weight is 507 g/mol. The van der Waals surface area contributed by atoms with E-state index in [9.17, 15) is 0 Å². The summed E-state index contributed by atoms with van der Waals surface area (Å²) in [5, 5.41) is 10.3. The standard InChI is InChI=1S/C40H26/c1-3-13-27(14-4-1)32-24-23-29-17-7-8-18-31(29)40(32)38-26-30-25-37(28-15-5-2-6-16-28)33-19-9-11-21-35(33)39(30)36-22-12-10-20-34(36)38/h1-26H. The maximum Gasteiger partial charge on any atom is -0.00204 e. The molecule has 0 aliphatic rings. The van der Waals surface area contributed by atoms with Crippen LogP contribution in [0.25, 0.3) is 76.5 Å². The largest absolute Gasteiger partial charge is 0.0622 e. The van der Waals surface area contributed by atoms with Crippen LogP contribution in [0.2, 0.25) is 0 Å². The molecular formula is C40H26. The summed E-state index contributed by atoms with van der Waals surface area (Å²) in [6, 6.07) is 57.5. The second-order valence-corrected chi connectivity index (χ2v) is 10.5. The highest BCUT2D eigenvalue weighted by Crippen LogP contribution is 2.46. The van der Waals surface area contributed by atoms with E-state index in [0.29, 0.717) is 0 Å². The SMILES string of the molecule is c1ccc(-c2ccc3ccccc3c2-c2cc3cc(-c4ccccc4)c4ccccc4c3c3ccccc23)cc1. The van der Waals surface area contributed by atoms with Gasteiger partial charge in [-0.25, -0.2) is 0 Å². The van der Waals surface area contributed by atoms with Gasteiger partial charge in [-0.05, 0) is 88.6 Å². The lowest BCUT2D eigenvalue weighted by Gasteiger charge is -2.19. The van der Waals surface area contributed by atoms with Gasteiger partial charge in [-0.3, -0.25) is 0 Å². The number of rotatable bonds is 3. The van der Waals surface area contributed by atoms with Gasteiger partial charge in [0, 0.05) is 0 Å². The molecule has 0 saturated heterocycles. The molecule has 0 amide bonds. The van der Waals surface area contributed by atoms with Gasteiger partial charge in [-0.15, -0.1) is 0 Å². The molecule has 0 bridgehead atoms. The van der Waals surface area contributed by atoms with Gasteiger partial charge in [0.25, 0.3) is 0 Å². The summed E-state index contributed by atoms with van der Waals surface area (Å²) in [4.78, 5) is 0. The monoisotopic (exact) mass is 506 g/mol. The van der Waals surface area contributed by atoms with Crippen LogP contribution in [0.15, 0.2) is 158 Å². The van der Waals surface area contributed by atoms with E-state index < -0.39 is 0 Å². The van der Waals surface area contributed by atoms with E-state index in [1.807, 2.05) is 0 Å². The predicted octanol–water partition coefficient (Wildman–Crippen LogP) is 11.3. The highest BCUT2D eigenvalue weighted by molar-refractivity contribution is 6.27. The van der Waals surface area contributed by atoms with Gasteiger partial charge in [0.1, 0.15) is 0 Å². The Kier molecular flexibility index (Phi) is 5.24. The molecule has 0 radical (unpaired) electrons. The average Bonchev–Trinajstić information content (AvgIpc) is 3.04. The predicted molar refractivity (Wildman–Crippen MR) is 173 cm³/mol. The zero-order chi connectivity index (χ0) is 26.5. The van der Waals surface area contributed by atoms with Crippen LogP contribution in [0.5, 0.6) is 0 Å². The van der Waals surface area contributed by atoms with Crippen molar-refractivity contribution in [3.63, 3.8) is 0 Å². The zero-order valence-electron chi connectivity index (χ0n) is 22.0. The molecule has 0 saturated carbocycles. The first-order valence-corrected chi connectivity index (χ1v) is 13.9. The van der Waals surface area contributed by atoms with Crippen molar-refractivity contribution < 1.29 is 0 Å². The maximum absolute atomic E-state index is 2.44. The number of fused-ring (bicyclic) bond motifs is 6. The van der Waals surface area contributed by atoms with Crippen LogP contribution in [0.3, 0.4) is 0 Å². The molecule has 0 aromatic heterocycles. The van der Waals surface area contributed by atoms with Crippen molar-refractivity contribution in [1.82, 2.24) is 0 Å². The fourth-order valence-electron chi connectivity index (χ4n) is 6.46. The lowest BCUT2D eigenvalue weighted by molar-refractivity contribution is 1.63. The van der Waals surface area contributed by atoms with Crippen LogP contribution >= 0.6 is 0 Å². The normalized spacial score (nSPS) is 11.5. The molecule has 0 heteroatoms. The van der Waals surface area contributed by atoms with Gasteiger partial charge < -0.3 is 0 Å². The molecule has 186 valence electrons. The third-order valence-corrected chi connectivity index (χ3v) is 8.23. The molecule has 0 nitrogen and oxygen atoms in total. The minimum atomic E-state index is 1.23. The van der Waals surface area contributed by atoms with E-state index in [-0.39, 0.29) is 0 Å². The number of hydrogen-bond donors (Lipinski definition) is 0. The van der Waals surface area contributed by atoms with E-state index in [4.69, 9.17) is 0 Å². The fraction of sp³-hybridized carbons (Fsp3) is 0. The first-order valence-electron chi connectivity index (χ1n) is 13.9. The third-order valence-electron chi connectivity index (χ3n) is 8.23. The van der Waals surface area contributed by atoms with Crippen molar-refractivity contribution in [1.29, 1.82) is 0 Å². The smallest absolute Gasteiger partial charge is 0.00204 e. The number of benzene rings is 8. The van der Waals surface area contributed by atoms with Crippen LogP contribution in [-0.2, 0) is 0 Å². The molecule has 8 aromatic rings. The first kappa shape index (κ1) is 22.8. The molecule has 0 atom stereocenters. The van der Waals surface area contributed by atoms with Crippen LogP contribution in [0.1, 0.15) is 0 Å². The fourth-order valence-corrected chi connectivity index (χ4v) is 6.46. The molecule has 0 aliphatic heterocycles. The summed E-state index contributed by atoms with van der Waals surface area (Å²) < 4.78 is 0. The van der Waals surface area contributed by atoms with Crippen molar-refractivity contribution in [2.75, 3.05) is 0 Å². The molecule has 0 aliphatic carbocycles. The quantitative estimate of drug-likeness (QED) is 0.209. The minimum absolute atomic E-state index is 1.23. The van der Waals surface area contributed by atoms with Crippen LogP contribution in [0, 0.1) is 0 Å². The van der Waals surface area contributed by atoms with E-state index in [0.717, 1.165) is 0 Å². The molecule has 40 heavy (non-hydrogen) atoms. The van der Waals surface area contributed by atoms with E-state index >= 15 is 0 Å². The van der Waals surface area contributed by atoms with Gasteiger partial charge in [0.15, 0.2) is 0 Å². The molecule has 0 spiro atoms. The molecular weight excluding hydrogens is 480 g/mol. The Hall–Kier alpha value is -5.20. The Balaban J connectivity index is 1.56. The van der Waals surface area contributed by atoms with E-state index in [2.05, 4.69) is 158 Å². The second kappa shape index (κ2) is 9.22. The molecule has 0 fully saturated rings. The Labute approximate surface area is 233 Å². The molecule has 0 unspecified atom stereocenters. The van der Waals surface area contributed by atoms with E-state index in [1.54, 1.807) is 0 Å². The topological polar surface area (TPSA) is 0 Å². The van der Waals surface area contributed by atoms with Crippen molar-refractivity contribution in [2.45, 2.75) is 0 Å². The Morgan fingerprint density at radius 1 is 0.275 bits per heavy atom. The molecule has 0 N–H and O–H groups in total. The first-order chi connectivity index (χ1) is 19.9. The van der Waals surface area contributed by atoms with Crippen molar-refractivity contribution in [3.8, 4) is 33.4 Å². The number of hydrogen-bond acceptors (Lipinski definition) is 0. The summed E-state index contributed by atoms with van der Waals surface area (Å²) in [6.07, 6.45) is 0. The van der Waals surface area contributed by atoms with Gasteiger partial charge in [-0.2, -0.15) is 0 Å². The van der Waals surface area contributed by atoms with Crippen LogP contribution in [-0.4, -0.2) is 0 Å². The van der Waals surface area contributed by atoms with Crippen molar-refractivity contribution in [2.24, 2.45) is 0 Å². The van der Waals surface area contributed by atoms with E-state index in [1.165, 1.54) is 76.5 Å². The zero-order valence-corrected chi connectivity index (χ0v) is 22.0. The highest BCUT2D eigenvalue weighted by atomic mass is 14.2. The van der Waals surface area contributed by atoms with Crippen molar-refractivity contribution >= 4 is 43.1 Å². The van der Waals surface area contributed by atoms with Gasteiger partial charge in [-0.1, -0.05) is 146 Å². The second-order valence-electron chi connectivity index (χ2n) is 10.5. The molecule has 0 heterocycles. The lowest BCUT2D eigenvalue weighted by atomic mass is 9.84. The summed E-state index contributed by atoms with van der Waals surface area (Å²) in [5.41, 5.74) is 7.56. The van der Waals surface area contributed by atoms with Crippen molar-refractivity contribution in [3.05, 3.63) is 158 Å². The Bertz CT molecular complexity index is 2190. The lowest BCUT2D eigenvalue weighted by Crippen LogP contribution is -1.92. The molecule has 8 rings (SSSR count). The van der Waals surface area contributed by atoms with Crippen LogP contribution in [0.4, 0.5) is 0 Å². The summed E-state index contributed by atoms with van der Waals surface area (Å²) in [7, 11) is 0. The summed E-state index contributed by atoms with van der Waals surface area (Å²) >= 11 is 0. The van der Waals surface area contributed by atoms with Gasteiger partial charge in [0.05, 0.1) is 0 Å². The summed E-state index contributed by atoms with van der Waals surface area (Å²) in [5.74, 6) is 0. The third kappa shape index (κ3) is 3.54. The summed E-state index contributed by atoms with van der Waals surface area (Å²) in [6.45, 7) is 0. The maximum atomic E-state index is 2.44. The van der Waals surface area contributed by atoms with Gasteiger partial charge >= 0.3 is 0 Å². The minimum Gasteiger partial charge on any atom is -0.0622 e. The molecule has 8 aromatic carbocycles. The van der Waals surface area contributed by atoms with Gasteiger partial charge in [0.2, 0.25) is 0 Å². The Morgan fingerprint density at radius 2 is 0.750 bits per heavy atom.